The lowest BCUT2D eigenvalue weighted by Gasteiger charge is -2.31. The summed E-state index contributed by atoms with van der Waals surface area (Å²) in [4.78, 5) is 18.0. The second kappa shape index (κ2) is 8.26. The molecule has 3 N–H and O–H groups in total. The summed E-state index contributed by atoms with van der Waals surface area (Å²) in [6.07, 6.45) is 12.6. The minimum absolute atomic E-state index is 0.459. The van der Waals surface area contributed by atoms with Gasteiger partial charge in [0, 0.05) is 37.4 Å². The number of rotatable bonds is 5. The van der Waals surface area contributed by atoms with Gasteiger partial charge in [-0.05, 0) is 43.0 Å². The van der Waals surface area contributed by atoms with Crippen molar-refractivity contribution >= 4 is 17.8 Å². The van der Waals surface area contributed by atoms with Crippen LogP contribution in [0.5, 0.6) is 0 Å². The minimum atomic E-state index is -0.550. The third-order valence-electron chi connectivity index (χ3n) is 4.99. The summed E-state index contributed by atoms with van der Waals surface area (Å²) in [5.41, 5.74) is 2.38. The van der Waals surface area contributed by atoms with E-state index in [9.17, 15) is 4.79 Å². The summed E-state index contributed by atoms with van der Waals surface area (Å²) in [6.45, 7) is 2.28. The van der Waals surface area contributed by atoms with Crippen LogP contribution in [0.1, 0.15) is 44.1 Å². The fourth-order valence-electron chi connectivity index (χ4n) is 3.69. The second-order valence-corrected chi connectivity index (χ2v) is 6.70. The van der Waals surface area contributed by atoms with Crippen molar-refractivity contribution in [1.29, 1.82) is 0 Å². The van der Waals surface area contributed by atoms with Gasteiger partial charge in [-0.3, -0.25) is 14.9 Å². The fraction of sp³-hybridized carbons (Fsp3) is 0.556. The molecule has 1 aliphatic carbocycles. The molecule has 1 saturated heterocycles. The monoisotopic (exact) mass is 330 g/mol. The maximum atomic E-state index is 11.0. The van der Waals surface area contributed by atoms with E-state index in [1.54, 1.807) is 17.8 Å². The molecule has 1 atom stereocenters. The molecule has 130 valence electrons. The zero-order chi connectivity index (χ0) is 16.8. The van der Waals surface area contributed by atoms with Crippen LogP contribution in [-0.4, -0.2) is 46.2 Å². The van der Waals surface area contributed by atoms with E-state index in [0.717, 1.165) is 30.4 Å². The van der Waals surface area contributed by atoms with E-state index in [-0.39, 0.29) is 0 Å². The van der Waals surface area contributed by atoms with Gasteiger partial charge in [-0.2, -0.15) is 0 Å². The molecule has 2 aliphatic rings. The van der Waals surface area contributed by atoms with Crippen molar-refractivity contribution in [3.8, 4) is 0 Å². The number of anilines is 1. The number of hydrogen-bond donors (Lipinski definition) is 3. The van der Waals surface area contributed by atoms with E-state index in [1.807, 2.05) is 12.1 Å². The average Bonchev–Trinajstić information content (AvgIpc) is 3.10. The highest BCUT2D eigenvalue weighted by molar-refractivity contribution is 5.90. The number of carbonyl (C=O) groups is 1. The summed E-state index contributed by atoms with van der Waals surface area (Å²) < 4.78 is 0. The maximum Gasteiger partial charge on any atom is 0.267 e. The first-order valence-electron chi connectivity index (χ1n) is 8.83. The number of hydrogen-bond acceptors (Lipinski definition) is 5. The molecule has 6 nitrogen and oxygen atoms in total. The van der Waals surface area contributed by atoms with Crippen LogP contribution < -0.4 is 10.8 Å². The largest absolute Gasteiger partial charge is 0.366 e. The molecule has 0 bridgehead atoms. The highest BCUT2D eigenvalue weighted by Crippen LogP contribution is 2.26. The van der Waals surface area contributed by atoms with Gasteiger partial charge in [-0.25, -0.2) is 10.5 Å². The Morgan fingerprint density at radius 3 is 2.79 bits per heavy atom. The van der Waals surface area contributed by atoms with Gasteiger partial charge in [0.2, 0.25) is 0 Å². The molecule has 2 fully saturated rings. The van der Waals surface area contributed by atoms with Crippen LogP contribution in [0.3, 0.4) is 0 Å². The molecule has 24 heavy (non-hydrogen) atoms. The van der Waals surface area contributed by atoms with Crippen molar-refractivity contribution in [3.63, 3.8) is 0 Å². The zero-order valence-corrected chi connectivity index (χ0v) is 13.9. The van der Waals surface area contributed by atoms with Gasteiger partial charge >= 0.3 is 0 Å². The molecule has 0 radical (unpaired) electrons. The molecule has 1 aromatic rings. The Balaban J connectivity index is 1.49. The van der Waals surface area contributed by atoms with Crippen LogP contribution in [0, 0.1) is 0 Å². The molecule has 0 spiro atoms. The minimum Gasteiger partial charge on any atom is -0.366 e. The predicted octanol–water partition coefficient (Wildman–Crippen LogP) is 2.42. The van der Waals surface area contributed by atoms with Crippen LogP contribution in [0.25, 0.3) is 6.08 Å². The quantitative estimate of drug-likeness (QED) is 0.439. The summed E-state index contributed by atoms with van der Waals surface area (Å²) in [6, 6.07) is 5.08. The molecule has 0 aromatic carbocycles. The number of hydroxylamine groups is 1. The van der Waals surface area contributed by atoms with Gasteiger partial charge in [-0.1, -0.05) is 19.3 Å². The van der Waals surface area contributed by atoms with Crippen LogP contribution >= 0.6 is 0 Å². The standard InChI is InChI=1S/C18H26N4O2/c23-18(21-24)9-7-14-6-8-17(19-12-14)20-15-10-11-22(13-15)16-4-2-1-3-5-16/h6-9,12,15-16,24H,1-5,10-11,13H2,(H,19,20)(H,21,23)/t15-/m1/s1. The van der Waals surface area contributed by atoms with E-state index in [2.05, 4.69) is 15.2 Å². The zero-order valence-electron chi connectivity index (χ0n) is 13.9. The Morgan fingerprint density at radius 1 is 1.25 bits per heavy atom. The molecule has 1 aromatic heterocycles. The Hall–Kier alpha value is -1.92. The summed E-state index contributed by atoms with van der Waals surface area (Å²) in [5.74, 6) is 0.320. The Labute approximate surface area is 142 Å². The molecule has 3 rings (SSSR count). The molecule has 0 unspecified atom stereocenters. The fourth-order valence-corrected chi connectivity index (χ4v) is 3.69. The Kier molecular flexibility index (Phi) is 5.82. The molecule has 1 amide bonds. The van der Waals surface area contributed by atoms with E-state index in [1.165, 1.54) is 44.7 Å². The van der Waals surface area contributed by atoms with Crippen molar-refractivity contribution in [1.82, 2.24) is 15.4 Å². The van der Waals surface area contributed by atoms with Crippen LogP contribution in [-0.2, 0) is 4.79 Å². The molecule has 1 saturated carbocycles. The third-order valence-corrected chi connectivity index (χ3v) is 4.99. The number of pyridine rings is 1. The van der Waals surface area contributed by atoms with Gasteiger partial charge < -0.3 is 5.32 Å². The highest BCUT2D eigenvalue weighted by atomic mass is 16.5. The molecule has 1 aliphatic heterocycles. The van der Waals surface area contributed by atoms with E-state index < -0.39 is 5.91 Å². The third kappa shape index (κ3) is 4.55. The van der Waals surface area contributed by atoms with E-state index in [4.69, 9.17) is 5.21 Å². The van der Waals surface area contributed by atoms with Crippen molar-refractivity contribution in [2.75, 3.05) is 18.4 Å². The normalized spacial score (nSPS) is 22.8. The Morgan fingerprint density at radius 2 is 2.08 bits per heavy atom. The smallest absolute Gasteiger partial charge is 0.267 e. The van der Waals surface area contributed by atoms with Crippen molar-refractivity contribution < 1.29 is 10.0 Å². The summed E-state index contributed by atoms with van der Waals surface area (Å²) in [7, 11) is 0. The lowest BCUT2D eigenvalue weighted by Crippen LogP contribution is -2.36. The van der Waals surface area contributed by atoms with Crippen molar-refractivity contribution in [2.24, 2.45) is 0 Å². The predicted molar refractivity (Wildman–Crippen MR) is 93.7 cm³/mol. The van der Waals surface area contributed by atoms with Gasteiger partial charge in [0.15, 0.2) is 0 Å². The number of amides is 1. The topological polar surface area (TPSA) is 77.5 Å². The highest BCUT2D eigenvalue weighted by Gasteiger charge is 2.28. The van der Waals surface area contributed by atoms with Crippen LogP contribution in [0.4, 0.5) is 5.82 Å². The van der Waals surface area contributed by atoms with Gasteiger partial charge in [0.25, 0.3) is 5.91 Å². The van der Waals surface area contributed by atoms with Crippen LogP contribution in [0.2, 0.25) is 0 Å². The van der Waals surface area contributed by atoms with E-state index >= 15 is 0 Å². The first kappa shape index (κ1) is 16.9. The SMILES string of the molecule is O=C(C=Cc1ccc(N[C@@H]2CCN(C3CCCCC3)C2)nc1)NO. The van der Waals surface area contributed by atoms with Crippen molar-refractivity contribution in [2.45, 2.75) is 50.6 Å². The van der Waals surface area contributed by atoms with E-state index in [0.29, 0.717) is 6.04 Å². The molecular formula is C18H26N4O2. The second-order valence-electron chi connectivity index (χ2n) is 6.70. The number of nitrogens with zero attached hydrogens (tertiary/aromatic N) is 2. The van der Waals surface area contributed by atoms with Gasteiger partial charge in [0.05, 0.1) is 0 Å². The first-order valence-corrected chi connectivity index (χ1v) is 8.83. The number of likely N-dealkylation sites (tertiary alicyclic amines) is 1. The van der Waals surface area contributed by atoms with Crippen molar-refractivity contribution in [3.05, 3.63) is 30.0 Å². The maximum absolute atomic E-state index is 11.0. The number of carbonyl (C=O) groups excluding carboxylic acids is 1. The van der Waals surface area contributed by atoms with Gasteiger partial charge in [-0.15, -0.1) is 0 Å². The average molecular weight is 330 g/mol. The lowest BCUT2D eigenvalue weighted by atomic mass is 9.94. The number of aromatic nitrogens is 1. The molecule has 2 heterocycles. The first-order chi connectivity index (χ1) is 11.7. The van der Waals surface area contributed by atoms with Gasteiger partial charge in [0.1, 0.15) is 5.82 Å². The lowest BCUT2D eigenvalue weighted by molar-refractivity contribution is -0.124. The summed E-state index contributed by atoms with van der Waals surface area (Å²) >= 11 is 0. The summed E-state index contributed by atoms with van der Waals surface area (Å²) in [5, 5.41) is 12.0. The van der Waals surface area contributed by atoms with Crippen LogP contribution in [0.15, 0.2) is 24.4 Å². The Bertz CT molecular complexity index is 567. The number of nitrogens with one attached hydrogen (secondary N) is 2. The molecular weight excluding hydrogens is 304 g/mol. The molecule has 6 heteroatoms.